The molecule has 108 valence electrons. The molecular weight excluding hydrogens is 262 g/mol. The van der Waals surface area contributed by atoms with Crippen LogP contribution in [0.1, 0.15) is 24.0 Å². The van der Waals surface area contributed by atoms with E-state index in [1.165, 1.54) is 0 Å². The smallest absolute Gasteiger partial charge is 0.384 e. The van der Waals surface area contributed by atoms with Gasteiger partial charge in [-0.15, -0.1) is 10.2 Å². The van der Waals surface area contributed by atoms with E-state index in [4.69, 9.17) is 5.11 Å². The Kier molecular flexibility index (Phi) is 4.14. The van der Waals surface area contributed by atoms with Crippen LogP contribution in [-0.4, -0.2) is 26.4 Å². The summed E-state index contributed by atoms with van der Waals surface area (Å²) in [5.41, 5.74) is 1.90. The van der Waals surface area contributed by atoms with Gasteiger partial charge in [0.15, 0.2) is 5.69 Å². The van der Waals surface area contributed by atoms with Crippen LogP contribution in [0.4, 0.5) is 11.6 Å². The van der Waals surface area contributed by atoms with Crippen LogP contribution in [0, 0.1) is 13.8 Å². The summed E-state index contributed by atoms with van der Waals surface area (Å²) in [4.78, 5) is 15.7. The van der Waals surface area contributed by atoms with E-state index in [0.717, 1.165) is 11.4 Å². The van der Waals surface area contributed by atoms with Crippen LogP contribution in [0.25, 0.3) is 0 Å². The quantitative estimate of drug-likeness (QED) is 0.812. The standard InChI is InChI=1S/C12H17N5O3/c1-4-9-10(11(19)20-16-9)14-15-12-13-7(2)8(3)17(12)5-6-18/h16,18H,4-6H2,1-3H3. The first-order valence-electron chi connectivity index (χ1n) is 6.35. The Hall–Kier alpha value is -2.22. The Labute approximate surface area is 115 Å². The minimum atomic E-state index is -0.556. The third-order valence-corrected chi connectivity index (χ3v) is 3.10. The Balaban J connectivity index is 2.39. The number of rotatable bonds is 5. The average Bonchev–Trinajstić information content (AvgIpc) is 2.91. The van der Waals surface area contributed by atoms with E-state index >= 15 is 0 Å². The number of imidazole rings is 1. The predicted molar refractivity (Wildman–Crippen MR) is 71.7 cm³/mol. The summed E-state index contributed by atoms with van der Waals surface area (Å²) >= 11 is 0. The highest BCUT2D eigenvalue weighted by molar-refractivity contribution is 5.38. The van der Waals surface area contributed by atoms with Crippen molar-refractivity contribution in [2.75, 3.05) is 6.61 Å². The minimum Gasteiger partial charge on any atom is -0.395 e. The van der Waals surface area contributed by atoms with Crippen LogP contribution in [-0.2, 0) is 13.0 Å². The topological polar surface area (TPSA) is 109 Å². The molecule has 2 rings (SSSR count). The van der Waals surface area contributed by atoms with E-state index in [0.29, 0.717) is 24.6 Å². The molecule has 0 radical (unpaired) electrons. The molecule has 0 aliphatic heterocycles. The van der Waals surface area contributed by atoms with Crippen LogP contribution >= 0.6 is 0 Å². The molecule has 0 saturated heterocycles. The zero-order valence-corrected chi connectivity index (χ0v) is 11.7. The van der Waals surface area contributed by atoms with Crippen LogP contribution in [0.5, 0.6) is 0 Å². The van der Waals surface area contributed by atoms with Crippen molar-refractivity contribution in [3.63, 3.8) is 0 Å². The second-order valence-electron chi connectivity index (χ2n) is 4.33. The number of aryl methyl sites for hydroxylation is 2. The van der Waals surface area contributed by atoms with E-state index in [9.17, 15) is 4.79 Å². The van der Waals surface area contributed by atoms with Gasteiger partial charge in [-0.2, -0.15) is 0 Å². The van der Waals surface area contributed by atoms with Gasteiger partial charge in [-0.3, -0.25) is 0 Å². The zero-order chi connectivity index (χ0) is 14.7. The first-order valence-corrected chi connectivity index (χ1v) is 6.35. The summed E-state index contributed by atoms with van der Waals surface area (Å²) in [6, 6.07) is 0. The summed E-state index contributed by atoms with van der Waals surface area (Å²) in [6.07, 6.45) is 0.587. The summed E-state index contributed by atoms with van der Waals surface area (Å²) in [5.74, 6) is 0.358. The fraction of sp³-hybridized carbons (Fsp3) is 0.500. The molecule has 0 amide bonds. The van der Waals surface area contributed by atoms with Gasteiger partial charge >= 0.3 is 5.63 Å². The molecule has 0 atom stereocenters. The van der Waals surface area contributed by atoms with Crippen LogP contribution in [0.2, 0.25) is 0 Å². The molecule has 0 saturated carbocycles. The lowest BCUT2D eigenvalue weighted by Gasteiger charge is -2.03. The molecule has 2 heterocycles. The third kappa shape index (κ3) is 2.55. The number of aliphatic hydroxyl groups excluding tert-OH is 1. The Bertz CT molecular complexity index is 680. The molecule has 8 heteroatoms. The molecule has 2 aromatic heterocycles. The van der Waals surface area contributed by atoms with Gasteiger partial charge < -0.3 is 14.2 Å². The highest BCUT2D eigenvalue weighted by Gasteiger charge is 2.12. The van der Waals surface area contributed by atoms with Gasteiger partial charge in [0, 0.05) is 12.2 Å². The minimum absolute atomic E-state index is 0.0222. The average molecular weight is 279 g/mol. The van der Waals surface area contributed by atoms with Crippen molar-refractivity contribution < 1.29 is 9.63 Å². The maximum Gasteiger partial charge on any atom is 0.384 e. The lowest BCUT2D eigenvalue weighted by atomic mass is 10.3. The fourth-order valence-corrected chi connectivity index (χ4v) is 1.84. The molecule has 20 heavy (non-hydrogen) atoms. The first kappa shape index (κ1) is 14.2. The van der Waals surface area contributed by atoms with Crippen molar-refractivity contribution in [3.05, 3.63) is 27.5 Å². The maximum atomic E-state index is 11.5. The van der Waals surface area contributed by atoms with Crippen molar-refractivity contribution in [2.24, 2.45) is 10.2 Å². The van der Waals surface area contributed by atoms with E-state index in [-0.39, 0.29) is 12.3 Å². The molecule has 0 aliphatic carbocycles. The Morgan fingerprint density at radius 2 is 2.15 bits per heavy atom. The molecule has 8 nitrogen and oxygen atoms in total. The monoisotopic (exact) mass is 279 g/mol. The number of hydrogen-bond acceptors (Lipinski definition) is 6. The van der Waals surface area contributed by atoms with E-state index < -0.39 is 5.63 Å². The van der Waals surface area contributed by atoms with Gasteiger partial charge in [0.05, 0.1) is 18.0 Å². The number of aromatic amines is 1. The molecular formula is C12H17N5O3. The summed E-state index contributed by atoms with van der Waals surface area (Å²) < 4.78 is 6.43. The number of nitrogens with zero attached hydrogens (tertiary/aromatic N) is 4. The fourth-order valence-electron chi connectivity index (χ4n) is 1.84. The summed E-state index contributed by atoms with van der Waals surface area (Å²) in [5, 5.41) is 19.5. The molecule has 0 fully saturated rings. The Morgan fingerprint density at radius 3 is 2.80 bits per heavy atom. The van der Waals surface area contributed by atoms with Gasteiger partial charge in [0.25, 0.3) is 0 Å². The first-order chi connectivity index (χ1) is 9.58. The lowest BCUT2D eigenvalue weighted by Crippen LogP contribution is -2.03. The third-order valence-electron chi connectivity index (χ3n) is 3.10. The summed E-state index contributed by atoms with van der Waals surface area (Å²) in [7, 11) is 0. The van der Waals surface area contributed by atoms with E-state index in [1.807, 2.05) is 20.8 Å². The van der Waals surface area contributed by atoms with Gasteiger partial charge in [-0.25, -0.2) is 14.9 Å². The number of aromatic nitrogens is 3. The lowest BCUT2D eigenvalue weighted by molar-refractivity contribution is 0.275. The van der Waals surface area contributed by atoms with Gasteiger partial charge in [-0.1, -0.05) is 6.92 Å². The number of nitrogens with one attached hydrogen (secondary N) is 1. The van der Waals surface area contributed by atoms with Gasteiger partial charge in [0.2, 0.25) is 5.95 Å². The molecule has 0 aromatic carbocycles. The van der Waals surface area contributed by atoms with Crippen molar-refractivity contribution in [2.45, 2.75) is 33.7 Å². The second-order valence-corrected chi connectivity index (χ2v) is 4.33. The van der Waals surface area contributed by atoms with Gasteiger partial charge in [0.1, 0.15) is 0 Å². The highest BCUT2D eigenvalue weighted by atomic mass is 16.5. The van der Waals surface area contributed by atoms with Crippen molar-refractivity contribution in [3.8, 4) is 0 Å². The van der Waals surface area contributed by atoms with Crippen LogP contribution < -0.4 is 5.63 Å². The van der Waals surface area contributed by atoms with E-state index in [1.54, 1.807) is 4.57 Å². The zero-order valence-electron chi connectivity index (χ0n) is 11.7. The normalized spacial score (nSPS) is 11.6. The van der Waals surface area contributed by atoms with Gasteiger partial charge in [-0.05, 0) is 20.3 Å². The predicted octanol–water partition coefficient (Wildman–Crippen LogP) is 1.75. The molecule has 2 aromatic rings. The van der Waals surface area contributed by atoms with E-state index in [2.05, 4.69) is 24.9 Å². The Morgan fingerprint density at radius 1 is 1.40 bits per heavy atom. The SMILES string of the molecule is CCc1[nH]oc(=O)c1N=Nc1nc(C)c(C)n1CCO. The molecule has 0 bridgehead atoms. The molecule has 0 aliphatic rings. The number of azo groups is 1. The molecule has 2 N–H and O–H groups in total. The number of H-pyrrole nitrogens is 1. The van der Waals surface area contributed by atoms with Crippen LogP contribution in [0.3, 0.4) is 0 Å². The van der Waals surface area contributed by atoms with Crippen molar-refractivity contribution in [1.82, 2.24) is 14.7 Å². The molecule has 0 spiro atoms. The largest absolute Gasteiger partial charge is 0.395 e. The maximum absolute atomic E-state index is 11.5. The van der Waals surface area contributed by atoms with Crippen molar-refractivity contribution >= 4 is 11.6 Å². The van der Waals surface area contributed by atoms with Crippen molar-refractivity contribution in [1.29, 1.82) is 0 Å². The second kappa shape index (κ2) is 5.83. The number of aliphatic hydroxyl groups is 1. The summed E-state index contributed by atoms with van der Waals surface area (Å²) in [6.45, 7) is 5.97. The molecule has 0 unspecified atom stereocenters. The van der Waals surface area contributed by atoms with Crippen LogP contribution in [0.15, 0.2) is 19.5 Å². The number of hydrogen-bond donors (Lipinski definition) is 2. The highest BCUT2D eigenvalue weighted by Crippen LogP contribution is 2.21.